The number of hydrogen-bond acceptors (Lipinski definition) is 0. The second-order valence-corrected chi connectivity index (χ2v) is 4.07. The fraction of sp³-hybridized carbons (Fsp3) is 0.556. The molecule has 0 fully saturated rings. The summed E-state index contributed by atoms with van der Waals surface area (Å²) in [6, 6.07) is 0. The Labute approximate surface area is 103 Å². The van der Waals surface area contributed by atoms with Crippen LogP contribution in [0.25, 0.3) is 0 Å². The Morgan fingerprint density at radius 3 is 2.33 bits per heavy atom. The Morgan fingerprint density at radius 2 is 2.00 bits per heavy atom. The van der Waals surface area contributed by atoms with Crippen molar-refractivity contribution in [2.24, 2.45) is 0 Å². The van der Waals surface area contributed by atoms with Crippen LogP contribution < -0.4 is 24.8 Å². The van der Waals surface area contributed by atoms with E-state index < -0.39 is 0 Å². The van der Waals surface area contributed by atoms with Crippen LogP contribution in [-0.4, -0.2) is 0 Å². The summed E-state index contributed by atoms with van der Waals surface area (Å²) in [5, 5.41) is 0. The molecule has 0 saturated heterocycles. The van der Waals surface area contributed by atoms with E-state index in [1.54, 1.807) is 39.1 Å². The van der Waals surface area contributed by atoms with Gasteiger partial charge in [0.1, 0.15) is 0 Å². The molecule has 12 heavy (non-hydrogen) atoms. The molecule has 0 spiro atoms. The molecule has 0 aromatic rings. The molecule has 0 saturated carbocycles. The third-order valence-corrected chi connectivity index (χ3v) is 3.76. The second kappa shape index (κ2) is 7.36. The van der Waals surface area contributed by atoms with Crippen LogP contribution in [0.2, 0.25) is 0 Å². The maximum absolute atomic E-state index is 2.39. The van der Waals surface area contributed by atoms with Crippen molar-refractivity contribution < 1.29 is 49.5 Å². The first kappa shape index (κ1) is 15.4. The van der Waals surface area contributed by atoms with Gasteiger partial charge in [-0.2, -0.15) is 0 Å². The second-order valence-electron chi connectivity index (χ2n) is 2.84. The topological polar surface area (TPSA) is 0 Å². The summed E-state index contributed by atoms with van der Waals surface area (Å²) < 4.78 is 1.63. The molecular weight excluding hydrogens is 270 g/mol. The van der Waals surface area contributed by atoms with Crippen LogP contribution in [0.15, 0.2) is 20.5 Å². The molecule has 1 aliphatic carbocycles. The summed E-state index contributed by atoms with van der Waals surface area (Å²) in [5.41, 5.74) is 3.22. The van der Waals surface area contributed by atoms with Crippen LogP contribution in [0.4, 0.5) is 0 Å². The molecule has 0 aliphatic heterocycles. The van der Waals surface area contributed by atoms with Crippen molar-refractivity contribution in [3.05, 3.63) is 20.5 Å². The van der Waals surface area contributed by atoms with E-state index in [2.05, 4.69) is 19.9 Å². The van der Waals surface area contributed by atoms with Gasteiger partial charge in [-0.25, -0.2) is 0 Å². The van der Waals surface area contributed by atoms with Crippen molar-refractivity contribution in [3.8, 4) is 0 Å². The predicted octanol–water partition coefficient (Wildman–Crippen LogP) is -3.05. The first-order valence-corrected chi connectivity index (χ1v) is 5.09. The smallest absolute Gasteiger partial charge is 1.00 e. The van der Waals surface area contributed by atoms with Gasteiger partial charge in [0.05, 0.1) is 0 Å². The van der Waals surface area contributed by atoms with E-state index >= 15 is 0 Å². The molecule has 0 bridgehead atoms. The van der Waals surface area contributed by atoms with Crippen molar-refractivity contribution in [1.82, 2.24) is 0 Å². The quantitative estimate of drug-likeness (QED) is 0.505. The average molecular weight is 283 g/mol. The molecule has 0 aromatic carbocycles. The largest absolute Gasteiger partial charge is 1.00 e. The summed E-state index contributed by atoms with van der Waals surface area (Å²) >= 11 is 1.60. The van der Waals surface area contributed by atoms with E-state index in [9.17, 15) is 0 Å². The van der Waals surface area contributed by atoms with Crippen LogP contribution >= 0.6 is 0 Å². The van der Waals surface area contributed by atoms with Crippen molar-refractivity contribution in [2.45, 2.75) is 33.1 Å². The zero-order chi connectivity index (χ0) is 7.56. The van der Waals surface area contributed by atoms with Gasteiger partial charge in [-0.1, -0.05) is 0 Å². The number of rotatable bonds is 2. The van der Waals surface area contributed by atoms with Crippen LogP contribution in [-0.2, 0) is 24.7 Å². The normalized spacial score (nSPS) is 15.2. The van der Waals surface area contributed by atoms with E-state index in [-0.39, 0.29) is 24.8 Å². The van der Waals surface area contributed by atoms with Gasteiger partial charge >= 0.3 is 78.3 Å². The minimum absolute atomic E-state index is 0. The van der Waals surface area contributed by atoms with Gasteiger partial charge in [0, 0.05) is 0 Å². The maximum atomic E-state index is 2.39. The van der Waals surface area contributed by atoms with Crippen LogP contribution in [0, 0.1) is 0 Å². The summed E-state index contributed by atoms with van der Waals surface area (Å²) in [5.74, 6) is 0. The van der Waals surface area contributed by atoms with Crippen molar-refractivity contribution in [3.63, 3.8) is 0 Å². The molecule has 0 unspecified atom stereocenters. The summed E-state index contributed by atoms with van der Waals surface area (Å²) in [6.07, 6.45) is 6.19. The van der Waals surface area contributed by atoms with Crippen molar-refractivity contribution in [2.75, 3.05) is 0 Å². The SMILES string of the molecule is CCCC1=CCC(C)=[C]1[Zr+2].[Cl-].[Cl-]. The zero-order valence-electron chi connectivity index (χ0n) is 7.45. The maximum Gasteiger partial charge on any atom is -1.00 e. The molecular formula is C9H13Cl2Zr. The average Bonchev–Trinajstić information content (AvgIpc) is 2.20. The Bertz CT molecular complexity index is 195. The van der Waals surface area contributed by atoms with Crippen molar-refractivity contribution in [1.29, 1.82) is 0 Å². The molecule has 1 aliphatic rings. The monoisotopic (exact) mass is 281 g/mol. The molecule has 0 amide bonds. The molecule has 3 heteroatoms. The fourth-order valence-electron chi connectivity index (χ4n) is 1.25. The van der Waals surface area contributed by atoms with Gasteiger partial charge in [-0.15, -0.1) is 0 Å². The molecule has 0 heterocycles. The molecule has 1 rings (SSSR count). The Hall–Kier alpha value is 0.943. The molecule has 0 radical (unpaired) electrons. The van der Waals surface area contributed by atoms with E-state index in [1.807, 2.05) is 0 Å². The minimum atomic E-state index is 0. The van der Waals surface area contributed by atoms with Gasteiger partial charge in [0.15, 0.2) is 0 Å². The van der Waals surface area contributed by atoms with Crippen LogP contribution in [0.3, 0.4) is 0 Å². The molecule has 0 aromatic heterocycles. The van der Waals surface area contributed by atoms with Gasteiger partial charge in [0.2, 0.25) is 0 Å². The third-order valence-electron chi connectivity index (χ3n) is 1.92. The molecule has 0 atom stereocenters. The van der Waals surface area contributed by atoms with Gasteiger partial charge in [-0.05, 0) is 0 Å². The summed E-state index contributed by atoms with van der Waals surface area (Å²) in [4.78, 5) is 0. The van der Waals surface area contributed by atoms with E-state index in [4.69, 9.17) is 0 Å². The Kier molecular flexibility index (Phi) is 9.45. The zero-order valence-corrected chi connectivity index (χ0v) is 11.4. The summed E-state index contributed by atoms with van der Waals surface area (Å²) in [7, 11) is 0. The van der Waals surface area contributed by atoms with E-state index in [0.717, 1.165) is 0 Å². The van der Waals surface area contributed by atoms with Gasteiger partial charge in [-0.3, -0.25) is 0 Å². The molecule has 0 nitrogen and oxygen atoms in total. The standard InChI is InChI=1S/C9H13.2ClH.Zr/c1-3-4-9-6-5-8(2)7-9;;;/h6H,3-5H2,1-2H3;2*1H;/q;;;+2/p-2. The summed E-state index contributed by atoms with van der Waals surface area (Å²) in [6.45, 7) is 4.50. The molecule has 67 valence electrons. The van der Waals surface area contributed by atoms with E-state index in [1.165, 1.54) is 19.3 Å². The van der Waals surface area contributed by atoms with Crippen LogP contribution in [0.5, 0.6) is 0 Å². The Balaban J connectivity index is 0. The first-order chi connectivity index (χ1) is 4.75. The third kappa shape index (κ3) is 3.77. The number of hydrogen-bond donors (Lipinski definition) is 0. The first-order valence-electron chi connectivity index (χ1n) is 3.86. The molecule has 0 N–H and O–H groups in total. The predicted molar refractivity (Wildman–Crippen MR) is 40.3 cm³/mol. The van der Waals surface area contributed by atoms with Gasteiger partial charge < -0.3 is 24.8 Å². The fourth-order valence-corrected chi connectivity index (χ4v) is 2.06. The van der Waals surface area contributed by atoms with E-state index in [0.29, 0.717) is 0 Å². The number of allylic oxidation sites excluding steroid dienone is 4. The van der Waals surface area contributed by atoms with Crippen molar-refractivity contribution >= 4 is 0 Å². The Morgan fingerprint density at radius 1 is 1.42 bits per heavy atom. The van der Waals surface area contributed by atoms with Crippen LogP contribution in [0.1, 0.15) is 33.1 Å². The van der Waals surface area contributed by atoms with Gasteiger partial charge in [0.25, 0.3) is 0 Å². The minimum Gasteiger partial charge on any atom is -1.00 e. The number of halogens is 2.